The van der Waals surface area contributed by atoms with E-state index in [0.29, 0.717) is 35.1 Å². The van der Waals surface area contributed by atoms with E-state index in [4.69, 9.17) is 23.2 Å². The smallest absolute Gasteiger partial charge is 0.269 e. The summed E-state index contributed by atoms with van der Waals surface area (Å²) in [5, 5.41) is 13.1. The van der Waals surface area contributed by atoms with E-state index < -0.39 is 5.91 Å². The fourth-order valence-electron chi connectivity index (χ4n) is 2.36. The Labute approximate surface area is 165 Å². The first-order valence-corrected chi connectivity index (χ1v) is 9.69. The summed E-state index contributed by atoms with van der Waals surface area (Å²) in [5.41, 5.74) is 0.738. The molecule has 0 spiro atoms. The number of nitrogens with zero attached hydrogens (tertiary/aromatic N) is 2. The summed E-state index contributed by atoms with van der Waals surface area (Å²) in [6, 6.07) is 11.5. The highest BCUT2D eigenvalue weighted by Crippen LogP contribution is 2.37. The molecule has 0 unspecified atom stereocenters. The van der Waals surface area contributed by atoms with Crippen LogP contribution in [0.25, 0.3) is 20.7 Å². The van der Waals surface area contributed by atoms with E-state index in [1.54, 1.807) is 12.1 Å². The van der Waals surface area contributed by atoms with E-state index >= 15 is 0 Å². The van der Waals surface area contributed by atoms with Gasteiger partial charge in [0.1, 0.15) is 10.7 Å². The van der Waals surface area contributed by atoms with Crippen molar-refractivity contribution in [2.75, 3.05) is 5.32 Å². The summed E-state index contributed by atoms with van der Waals surface area (Å²) in [6.45, 7) is 0. The van der Waals surface area contributed by atoms with Crippen LogP contribution in [0.1, 0.15) is 9.67 Å². The molecule has 0 radical (unpaired) electrons. The maximum atomic E-state index is 13.4. The molecule has 2 aromatic heterocycles. The van der Waals surface area contributed by atoms with Gasteiger partial charge in [-0.1, -0.05) is 52.7 Å². The summed E-state index contributed by atoms with van der Waals surface area (Å²) in [5.74, 6) is -0.797. The Bertz CT molecular complexity index is 1140. The molecule has 26 heavy (non-hydrogen) atoms. The molecule has 0 saturated carbocycles. The predicted molar refractivity (Wildman–Crippen MR) is 105 cm³/mol. The minimum absolute atomic E-state index is 0.290. The second-order valence-electron chi connectivity index (χ2n) is 5.23. The molecule has 9 heteroatoms. The standard InChI is InChI=1S/C17H8Cl2FN3OS2/c18-11-4-2-1-3-9(11)16-22-23-17(26-16)21-15(24)14-13(19)10-6-5-8(20)7-12(10)25-14/h1-7H,(H,21,23,24). The van der Waals surface area contributed by atoms with Crippen molar-refractivity contribution >= 4 is 67.0 Å². The van der Waals surface area contributed by atoms with E-state index in [1.165, 1.54) is 23.5 Å². The molecule has 4 nitrogen and oxygen atoms in total. The number of nitrogens with one attached hydrogen (secondary N) is 1. The van der Waals surface area contributed by atoms with Gasteiger partial charge in [0.15, 0.2) is 5.01 Å². The number of anilines is 1. The summed E-state index contributed by atoms with van der Waals surface area (Å²) in [4.78, 5) is 12.8. The number of hydrogen-bond donors (Lipinski definition) is 1. The predicted octanol–water partition coefficient (Wildman–Crippen LogP) is 6.12. The minimum atomic E-state index is -0.418. The van der Waals surface area contributed by atoms with Crippen molar-refractivity contribution in [3.05, 3.63) is 63.2 Å². The van der Waals surface area contributed by atoms with Crippen LogP contribution in [-0.4, -0.2) is 16.1 Å². The Hall–Kier alpha value is -2.06. The molecule has 0 aliphatic heterocycles. The summed E-state index contributed by atoms with van der Waals surface area (Å²) >= 11 is 14.7. The largest absolute Gasteiger partial charge is 0.296 e. The molecule has 0 atom stereocenters. The maximum Gasteiger partial charge on any atom is 0.269 e. The number of halogens is 3. The van der Waals surface area contributed by atoms with Crippen LogP contribution in [0.5, 0.6) is 0 Å². The maximum absolute atomic E-state index is 13.4. The number of amides is 1. The zero-order chi connectivity index (χ0) is 18.3. The number of benzene rings is 2. The third kappa shape index (κ3) is 3.19. The molecule has 2 aromatic carbocycles. The van der Waals surface area contributed by atoms with E-state index in [9.17, 15) is 9.18 Å². The van der Waals surface area contributed by atoms with Crippen LogP contribution in [0.2, 0.25) is 10.0 Å². The molecular weight excluding hydrogens is 416 g/mol. The van der Waals surface area contributed by atoms with Gasteiger partial charge in [-0.05, 0) is 24.3 Å². The van der Waals surface area contributed by atoms with Crippen molar-refractivity contribution in [3.63, 3.8) is 0 Å². The van der Waals surface area contributed by atoms with Crippen LogP contribution in [-0.2, 0) is 0 Å². The second-order valence-corrected chi connectivity index (χ2v) is 8.05. The van der Waals surface area contributed by atoms with Crippen LogP contribution in [0.15, 0.2) is 42.5 Å². The number of aromatic nitrogens is 2. The van der Waals surface area contributed by atoms with Gasteiger partial charge in [-0.2, -0.15) is 0 Å². The van der Waals surface area contributed by atoms with Crippen molar-refractivity contribution in [1.29, 1.82) is 0 Å². The first-order valence-electron chi connectivity index (χ1n) is 7.30. The third-order valence-electron chi connectivity index (χ3n) is 3.55. The van der Waals surface area contributed by atoms with Gasteiger partial charge in [0.25, 0.3) is 5.91 Å². The van der Waals surface area contributed by atoms with E-state index in [2.05, 4.69) is 15.5 Å². The first-order chi connectivity index (χ1) is 12.5. The number of carbonyl (C=O) groups excluding carboxylic acids is 1. The lowest BCUT2D eigenvalue weighted by Gasteiger charge is -1.99. The van der Waals surface area contributed by atoms with Crippen molar-refractivity contribution in [2.24, 2.45) is 0 Å². The Balaban J connectivity index is 1.61. The highest BCUT2D eigenvalue weighted by atomic mass is 35.5. The van der Waals surface area contributed by atoms with E-state index in [-0.39, 0.29) is 5.82 Å². The Kier molecular flexibility index (Phi) is 4.62. The Morgan fingerprint density at radius 3 is 2.69 bits per heavy atom. The molecule has 2 heterocycles. The molecule has 0 aliphatic rings. The van der Waals surface area contributed by atoms with Crippen molar-refractivity contribution < 1.29 is 9.18 Å². The van der Waals surface area contributed by atoms with E-state index in [1.807, 2.05) is 18.2 Å². The lowest BCUT2D eigenvalue weighted by molar-refractivity contribution is 0.103. The van der Waals surface area contributed by atoms with Crippen molar-refractivity contribution in [3.8, 4) is 10.6 Å². The van der Waals surface area contributed by atoms with Crippen LogP contribution >= 0.6 is 45.9 Å². The molecule has 0 fully saturated rings. The van der Waals surface area contributed by atoms with E-state index in [0.717, 1.165) is 16.9 Å². The zero-order valence-electron chi connectivity index (χ0n) is 12.8. The average molecular weight is 424 g/mol. The normalized spacial score (nSPS) is 11.0. The van der Waals surface area contributed by atoms with Gasteiger partial charge in [-0.15, -0.1) is 21.5 Å². The fraction of sp³-hybridized carbons (Fsp3) is 0. The van der Waals surface area contributed by atoms with Crippen LogP contribution in [0, 0.1) is 5.82 Å². The number of thiophene rings is 1. The lowest BCUT2D eigenvalue weighted by atomic mass is 10.2. The average Bonchev–Trinajstić information content (AvgIpc) is 3.20. The second kappa shape index (κ2) is 6.92. The molecule has 0 bridgehead atoms. The topological polar surface area (TPSA) is 54.9 Å². The van der Waals surface area contributed by atoms with Gasteiger partial charge in [0.2, 0.25) is 5.13 Å². The zero-order valence-corrected chi connectivity index (χ0v) is 15.9. The minimum Gasteiger partial charge on any atom is -0.296 e. The van der Waals surface area contributed by atoms with Crippen molar-refractivity contribution in [2.45, 2.75) is 0 Å². The van der Waals surface area contributed by atoms with Gasteiger partial charge >= 0.3 is 0 Å². The molecule has 4 rings (SSSR count). The molecule has 0 saturated heterocycles. The lowest BCUT2D eigenvalue weighted by Crippen LogP contribution is -2.10. The van der Waals surface area contributed by atoms with Crippen LogP contribution in [0.3, 0.4) is 0 Å². The summed E-state index contributed by atoms with van der Waals surface area (Å²) in [6.07, 6.45) is 0. The highest BCUT2D eigenvalue weighted by molar-refractivity contribution is 7.22. The number of rotatable bonds is 3. The molecular formula is C17H8Cl2FN3OS2. The van der Waals surface area contributed by atoms with Crippen LogP contribution in [0.4, 0.5) is 9.52 Å². The quantitative estimate of drug-likeness (QED) is 0.431. The summed E-state index contributed by atoms with van der Waals surface area (Å²) < 4.78 is 14.0. The fourth-order valence-corrected chi connectivity index (χ4v) is 4.85. The molecule has 0 aliphatic carbocycles. The number of carbonyl (C=O) groups is 1. The van der Waals surface area contributed by atoms with Gasteiger partial charge in [0, 0.05) is 15.6 Å². The molecule has 4 aromatic rings. The third-order valence-corrected chi connectivity index (χ3v) is 6.40. The van der Waals surface area contributed by atoms with Crippen LogP contribution < -0.4 is 5.32 Å². The highest BCUT2D eigenvalue weighted by Gasteiger charge is 2.19. The SMILES string of the molecule is O=C(Nc1nnc(-c2ccccc2Cl)s1)c1sc2cc(F)ccc2c1Cl. The first kappa shape index (κ1) is 17.4. The monoisotopic (exact) mass is 423 g/mol. The number of hydrogen-bond acceptors (Lipinski definition) is 5. The summed E-state index contributed by atoms with van der Waals surface area (Å²) in [7, 11) is 0. The molecule has 1 N–H and O–H groups in total. The van der Waals surface area contributed by atoms with Gasteiger partial charge in [-0.3, -0.25) is 10.1 Å². The Morgan fingerprint density at radius 1 is 1.08 bits per heavy atom. The van der Waals surface area contributed by atoms with Crippen molar-refractivity contribution in [1.82, 2.24) is 10.2 Å². The van der Waals surface area contributed by atoms with Gasteiger partial charge < -0.3 is 0 Å². The van der Waals surface area contributed by atoms with Gasteiger partial charge in [-0.25, -0.2) is 4.39 Å². The number of fused-ring (bicyclic) bond motifs is 1. The molecule has 130 valence electrons. The van der Waals surface area contributed by atoms with Gasteiger partial charge in [0.05, 0.1) is 10.0 Å². The molecule has 1 amide bonds. The Morgan fingerprint density at radius 2 is 1.88 bits per heavy atom.